The Bertz CT molecular complexity index is 1190. The van der Waals surface area contributed by atoms with Gasteiger partial charge >= 0.3 is 5.69 Å². The summed E-state index contributed by atoms with van der Waals surface area (Å²) < 4.78 is 30.3. The highest BCUT2D eigenvalue weighted by molar-refractivity contribution is 9.10. The van der Waals surface area contributed by atoms with Crippen molar-refractivity contribution in [2.75, 3.05) is 0 Å². The molecule has 0 unspecified atom stereocenters. The minimum atomic E-state index is -0.534. The number of rotatable bonds is 5. The number of nitrogens with zero attached hydrogens (tertiary/aromatic N) is 5. The molecule has 0 fully saturated rings. The van der Waals surface area contributed by atoms with Crippen LogP contribution in [-0.2, 0) is 6.67 Å². The summed E-state index contributed by atoms with van der Waals surface area (Å²) >= 11 is 3.55. The second kappa shape index (κ2) is 7.55. The van der Waals surface area contributed by atoms with Crippen LogP contribution in [0.25, 0.3) is 22.5 Å². The van der Waals surface area contributed by atoms with E-state index >= 15 is 0 Å². The fraction of sp³-hybridized carbons (Fsp3) is 0.0526. The summed E-state index contributed by atoms with van der Waals surface area (Å²) in [7, 11) is 0. The molecular formula is C19H12BrF2N5O2. The van der Waals surface area contributed by atoms with Gasteiger partial charge in [-0.05, 0) is 64.5 Å². The van der Waals surface area contributed by atoms with Gasteiger partial charge in [0.05, 0.1) is 15.1 Å². The maximum atomic E-state index is 13.4. The summed E-state index contributed by atoms with van der Waals surface area (Å²) in [4.78, 5) is 10.4. The van der Waals surface area contributed by atoms with Gasteiger partial charge in [0.25, 0.3) is 0 Å². The van der Waals surface area contributed by atoms with E-state index < -0.39 is 4.92 Å². The summed E-state index contributed by atoms with van der Waals surface area (Å²) in [6, 6.07) is 11.7. The van der Waals surface area contributed by atoms with Crippen molar-refractivity contribution < 1.29 is 13.7 Å². The number of aromatic nitrogens is 4. The fourth-order valence-electron chi connectivity index (χ4n) is 2.88. The lowest BCUT2D eigenvalue weighted by molar-refractivity contribution is -0.385. The van der Waals surface area contributed by atoms with Crippen LogP contribution < -0.4 is 0 Å². The third-order valence-electron chi connectivity index (χ3n) is 4.24. The fourth-order valence-corrected chi connectivity index (χ4v) is 3.62. The highest BCUT2D eigenvalue weighted by Gasteiger charge is 2.20. The molecule has 4 aromatic rings. The molecule has 0 bridgehead atoms. The standard InChI is InChI=1S/C19H12BrF2N5O2/c20-17-18(12-1-5-14(21)6-2-12)24-26(11-25-10-16(9-23-25)27(28)29)19(17)13-3-7-15(22)8-4-13/h1-10H,11H2. The molecule has 7 nitrogen and oxygen atoms in total. The van der Waals surface area contributed by atoms with Crippen LogP contribution in [0.2, 0.25) is 0 Å². The van der Waals surface area contributed by atoms with Crippen LogP contribution in [0.15, 0.2) is 65.4 Å². The predicted molar refractivity (Wildman–Crippen MR) is 105 cm³/mol. The first-order valence-electron chi connectivity index (χ1n) is 8.37. The number of benzene rings is 2. The van der Waals surface area contributed by atoms with Gasteiger partial charge in [-0.15, -0.1) is 0 Å². The molecule has 146 valence electrons. The highest BCUT2D eigenvalue weighted by Crippen LogP contribution is 2.37. The zero-order valence-corrected chi connectivity index (χ0v) is 16.3. The normalized spacial score (nSPS) is 11.0. The SMILES string of the molecule is O=[N+]([O-])c1cnn(Cn2nc(-c3ccc(F)cc3)c(Br)c2-c2ccc(F)cc2)c1. The van der Waals surface area contributed by atoms with Crippen LogP contribution in [0.5, 0.6) is 0 Å². The van der Waals surface area contributed by atoms with E-state index in [1.807, 2.05) is 0 Å². The lowest BCUT2D eigenvalue weighted by Crippen LogP contribution is -2.11. The first-order valence-corrected chi connectivity index (χ1v) is 9.16. The van der Waals surface area contributed by atoms with Crippen molar-refractivity contribution >= 4 is 21.6 Å². The second-order valence-electron chi connectivity index (χ2n) is 6.16. The summed E-state index contributed by atoms with van der Waals surface area (Å²) in [5, 5.41) is 19.5. The molecule has 4 rings (SSSR count). The molecule has 0 aliphatic rings. The topological polar surface area (TPSA) is 78.8 Å². The quantitative estimate of drug-likeness (QED) is 0.315. The number of hydrogen-bond acceptors (Lipinski definition) is 4. The van der Waals surface area contributed by atoms with Gasteiger partial charge in [-0.1, -0.05) is 0 Å². The summed E-state index contributed by atoms with van der Waals surface area (Å²) in [5.41, 5.74) is 2.39. The van der Waals surface area contributed by atoms with Crippen LogP contribution in [0.1, 0.15) is 0 Å². The molecule has 29 heavy (non-hydrogen) atoms. The van der Waals surface area contributed by atoms with Crippen LogP contribution in [-0.4, -0.2) is 24.5 Å². The number of nitro groups is 1. The van der Waals surface area contributed by atoms with Crippen LogP contribution in [0, 0.1) is 21.7 Å². The van der Waals surface area contributed by atoms with Crippen molar-refractivity contribution in [3.63, 3.8) is 0 Å². The molecule has 0 aliphatic heterocycles. The Labute approximate surface area is 171 Å². The lowest BCUT2D eigenvalue weighted by atomic mass is 10.1. The van der Waals surface area contributed by atoms with E-state index in [1.165, 1.54) is 35.1 Å². The van der Waals surface area contributed by atoms with E-state index in [2.05, 4.69) is 26.1 Å². The maximum absolute atomic E-state index is 13.4. The smallest absolute Gasteiger partial charge is 0.258 e. The molecule has 2 heterocycles. The first kappa shape index (κ1) is 18.9. The predicted octanol–water partition coefficient (Wildman–Crippen LogP) is 4.87. The van der Waals surface area contributed by atoms with Gasteiger partial charge in [-0.25, -0.2) is 18.1 Å². The monoisotopic (exact) mass is 459 g/mol. The summed E-state index contributed by atoms with van der Waals surface area (Å²) in [6.45, 7) is 0.0837. The number of hydrogen-bond donors (Lipinski definition) is 0. The van der Waals surface area contributed by atoms with E-state index in [1.54, 1.807) is 28.9 Å². The Balaban J connectivity index is 1.83. The van der Waals surface area contributed by atoms with Gasteiger partial charge in [0.15, 0.2) is 0 Å². The average molecular weight is 460 g/mol. The first-order chi connectivity index (χ1) is 13.9. The maximum Gasteiger partial charge on any atom is 0.307 e. The van der Waals surface area contributed by atoms with E-state index in [-0.39, 0.29) is 24.0 Å². The van der Waals surface area contributed by atoms with E-state index in [4.69, 9.17) is 0 Å². The summed E-state index contributed by atoms with van der Waals surface area (Å²) in [5.74, 6) is -0.746. The Morgan fingerprint density at radius 1 is 1.00 bits per heavy atom. The third-order valence-corrected chi connectivity index (χ3v) is 4.99. The highest BCUT2D eigenvalue weighted by atomic mass is 79.9. The minimum Gasteiger partial charge on any atom is -0.258 e. The molecule has 0 aliphatic carbocycles. The molecule has 2 aromatic carbocycles. The molecule has 0 N–H and O–H groups in total. The second-order valence-corrected chi connectivity index (χ2v) is 6.95. The molecule has 10 heteroatoms. The van der Waals surface area contributed by atoms with Crippen molar-refractivity contribution in [3.05, 3.63) is 87.1 Å². The molecular weight excluding hydrogens is 448 g/mol. The number of halogens is 3. The Kier molecular flexibility index (Phi) is 4.93. The molecule has 2 aromatic heterocycles. The molecule has 0 saturated heterocycles. The van der Waals surface area contributed by atoms with E-state index in [0.717, 1.165) is 6.20 Å². The Hall–Kier alpha value is -3.40. The summed E-state index contributed by atoms with van der Waals surface area (Å²) in [6.07, 6.45) is 2.44. The molecule has 0 amide bonds. The van der Waals surface area contributed by atoms with Gasteiger partial charge < -0.3 is 0 Å². The minimum absolute atomic E-state index is 0.0837. The molecule has 0 saturated carbocycles. The third kappa shape index (κ3) is 3.79. The van der Waals surface area contributed by atoms with E-state index in [0.29, 0.717) is 27.0 Å². The Morgan fingerprint density at radius 2 is 1.59 bits per heavy atom. The van der Waals surface area contributed by atoms with Crippen molar-refractivity contribution in [2.45, 2.75) is 6.67 Å². The van der Waals surface area contributed by atoms with Gasteiger partial charge in [0.1, 0.15) is 36.4 Å². The van der Waals surface area contributed by atoms with Crippen molar-refractivity contribution in [3.8, 4) is 22.5 Å². The van der Waals surface area contributed by atoms with Crippen molar-refractivity contribution in [2.24, 2.45) is 0 Å². The van der Waals surface area contributed by atoms with Gasteiger partial charge in [-0.2, -0.15) is 10.2 Å². The lowest BCUT2D eigenvalue weighted by Gasteiger charge is -2.08. The van der Waals surface area contributed by atoms with Crippen LogP contribution >= 0.6 is 15.9 Å². The molecule has 0 atom stereocenters. The molecule has 0 radical (unpaired) electrons. The van der Waals surface area contributed by atoms with Crippen molar-refractivity contribution in [1.29, 1.82) is 0 Å². The average Bonchev–Trinajstić information content (AvgIpc) is 3.29. The van der Waals surface area contributed by atoms with Crippen LogP contribution in [0.4, 0.5) is 14.5 Å². The van der Waals surface area contributed by atoms with Gasteiger partial charge in [0.2, 0.25) is 0 Å². The zero-order chi connectivity index (χ0) is 20.5. The van der Waals surface area contributed by atoms with Crippen LogP contribution in [0.3, 0.4) is 0 Å². The van der Waals surface area contributed by atoms with Crippen molar-refractivity contribution in [1.82, 2.24) is 19.6 Å². The van der Waals surface area contributed by atoms with Gasteiger partial charge in [-0.3, -0.25) is 10.1 Å². The van der Waals surface area contributed by atoms with Gasteiger partial charge in [0, 0.05) is 11.1 Å². The van der Waals surface area contributed by atoms with E-state index in [9.17, 15) is 18.9 Å². The molecule has 0 spiro atoms. The Morgan fingerprint density at radius 3 is 2.14 bits per heavy atom. The largest absolute Gasteiger partial charge is 0.307 e. The zero-order valence-electron chi connectivity index (χ0n) is 14.7.